The molecule has 0 heterocycles. The quantitative estimate of drug-likeness (QED) is 0.690. The van der Waals surface area contributed by atoms with Crippen LogP contribution in [0.25, 0.3) is 0 Å². The van der Waals surface area contributed by atoms with Gasteiger partial charge in [-0.05, 0) is 32.0 Å². The Morgan fingerprint density at radius 3 is 2.65 bits per heavy atom. The minimum Gasteiger partial charge on any atom is -0.325 e. The first-order chi connectivity index (χ1) is 9.53. The summed E-state index contributed by atoms with van der Waals surface area (Å²) in [5.74, 6) is -0.197. The molecule has 1 aliphatic carbocycles. The van der Waals surface area contributed by atoms with Crippen molar-refractivity contribution in [3.8, 4) is 0 Å². The average molecular weight is 297 g/mol. The van der Waals surface area contributed by atoms with Gasteiger partial charge < -0.3 is 10.6 Å². The number of nitrogens with one attached hydrogen (secondary N) is 3. The first-order valence-corrected chi connectivity index (χ1v) is 8.07. The summed E-state index contributed by atoms with van der Waals surface area (Å²) >= 11 is 0. The highest BCUT2D eigenvalue weighted by Crippen LogP contribution is 2.21. The van der Waals surface area contributed by atoms with Crippen LogP contribution in [0.4, 0.5) is 5.69 Å². The Balaban J connectivity index is 1.99. The van der Waals surface area contributed by atoms with Crippen molar-refractivity contribution >= 4 is 21.6 Å². The summed E-state index contributed by atoms with van der Waals surface area (Å²) in [6.45, 7) is 0.609. The Morgan fingerprint density at radius 2 is 2.00 bits per heavy atom. The number of hydrogen-bond acceptors (Lipinski definition) is 4. The van der Waals surface area contributed by atoms with Gasteiger partial charge in [-0.15, -0.1) is 0 Å². The Hall–Kier alpha value is -1.44. The normalized spacial score (nSPS) is 15.1. The lowest BCUT2D eigenvalue weighted by atomic mass is 10.3. The summed E-state index contributed by atoms with van der Waals surface area (Å²) < 4.78 is 25.9. The topological polar surface area (TPSA) is 87.3 Å². The number of rotatable bonds is 7. The van der Waals surface area contributed by atoms with Gasteiger partial charge in [0, 0.05) is 19.0 Å². The lowest BCUT2D eigenvalue weighted by Gasteiger charge is -2.11. The molecule has 6 nitrogen and oxygen atoms in total. The Kier molecular flexibility index (Phi) is 4.74. The molecule has 2 rings (SSSR count). The zero-order chi connectivity index (χ0) is 14.6. The van der Waals surface area contributed by atoms with Gasteiger partial charge in [0.05, 0.1) is 5.69 Å². The fourth-order valence-corrected chi connectivity index (χ4v) is 2.69. The molecule has 0 aromatic heterocycles. The van der Waals surface area contributed by atoms with Crippen LogP contribution in [0, 0.1) is 0 Å². The molecule has 0 spiro atoms. The van der Waals surface area contributed by atoms with E-state index in [-0.39, 0.29) is 10.8 Å². The van der Waals surface area contributed by atoms with Gasteiger partial charge in [-0.1, -0.05) is 12.1 Å². The van der Waals surface area contributed by atoms with Crippen molar-refractivity contribution in [2.24, 2.45) is 0 Å². The van der Waals surface area contributed by atoms with Crippen molar-refractivity contribution in [3.63, 3.8) is 0 Å². The van der Waals surface area contributed by atoms with Crippen molar-refractivity contribution in [2.45, 2.75) is 30.2 Å². The third kappa shape index (κ3) is 4.03. The van der Waals surface area contributed by atoms with E-state index in [0.717, 1.165) is 0 Å². The summed E-state index contributed by atoms with van der Waals surface area (Å²) in [5.41, 5.74) is 0.304. The first-order valence-electron chi connectivity index (χ1n) is 6.59. The smallest absolute Gasteiger partial charge is 0.242 e. The zero-order valence-electron chi connectivity index (χ0n) is 11.3. The van der Waals surface area contributed by atoms with Crippen LogP contribution in [0.3, 0.4) is 0 Å². The monoisotopic (exact) mass is 297 g/mol. The molecule has 0 bridgehead atoms. The average Bonchev–Trinajstić information content (AvgIpc) is 3.23. The predicted octanol–water partition coefficient (Wildman–Crippen LogP) is 0.675. The van der Waals surface area contributed by atoms with Crippen molar-refractivity contribution in [1.29, 1.82) is 0 Å². The second kappa shape index (κ2) is 6.34. The third-order valence-corrected chi connectivity index (χ3v) is 4.55. The lowest BCUT2D eigenvalue weighted by Crippen LogP contribution is -2.25. The van der Waals surface area contributed by atoms with E-state index < -0.39 is 10.0 Å². The second-order valence-corrected chi connectivity index (χ2v) is 6.59. The van der Waals surface area contributed by atoms with Gasteiger partial charge in [-0.25, -0.2) is 13.1 Å². The molecule has 1 amide bonds. The molecule has 1 aromatic rings. The molecule has 7 heteroatoms. The molecule has 0 unspecified atom stereocenters. The highest BCUT2D eigenvalue weighted by atomic mass is 32.2. The molecule has 3 N–H and O–H groups in total. The highest BCUT2D eigenvalue weighted by molar-refractivity contribution is 7.89. The van der Waals surface area contributed by atoms with Gasteiger partial charge in [0.15, 0.2) is 0 Å². The van der Waals surface area contributed by atoms with Gasteiger partial charge in [0.1, 0.15) is 4.90 Å². The molecule has 20 heavy (non-hydrogen) atoms. The van der Waals surface area contributed by atoms with Gasteiger partial charge in [0.2, 0.25) is 15.9 Å². The number of carbonyl (C=O) groups is 1. The molecule has 0 saturated heterocycles. The van der Waals surface area contributed by atoms with Crippen LogP contribution in [0.2, 0.25) is 0 Å². The van der Waals surface area contributed by atoms with Gasteiger partial charge in [0.25, 0.3) is 0 Å². The van der Waals surface area contributed by atoms with Crippen LogP contribution in [0.15, 0.2) is 29.2 Å². The van der Waals surface area contributed by atoms with E-state index in [4.69, 9.17) is 0 Å². The van der Waals surface area contributed by atoms with Crippen LogP contribution in [0.1, 0.15) is 19.3 Å². The fraction of sp³-hybridized carbons (Fsp3) is 0.462. The van der Waals surface area contributed by atoms with E-state index in [0.29, 0.717) is 24.7 Å². The van der Waals surface area contributed by atoms with Crippen LogP contribution in [-0.2, 0) is 14.8 Å². The summed E-state index contributed by atoms with van der Waals surface area (Å²) in [6, 6.07) is 6.90. The number of benzene rings is 1. The SMILES string of the molecule is CNS(=O)(=O)c1ccccc1NC(=O)CCNC1CC1. The first kappa shape index (κ1) is 15.0. The lowest BCUT2D eigenvalue weighted by molar-refractivity contribution is -0.116. The molecular formula is C13H19N3O3S. The molecule has 0 radical (unpaired) electrons. The second-order valence-electron chi connectivity index (χ2n) is 4.73. The molecule has 0 aliphatic heterocycles. The molecule has 110 valence electrons. The maximum absolute atomic E-state index is 11.8. The zero-order valence-corrected chi connectivity index (χ0v) is 12.2. The molecule has 1 fully saturated rings. The summed E-state index contributed by atoms with van der Waals surface area (Å²) in [7, 11) is -2.24. The number of carbonyl (C=O) groups excluding carboxylic acids is 1. The highest BCUT2D eigenvalue weighted by Gasteiger charge is 2.21. The maximum atomic E-state index is 11.8. The predicted molar refractivity (Wildman–Crippen MR) is 77.0 cm³/mol. The third-order valence-electron chi connectivity index (χ3n) is 3.08. The van der Waals surface area contributed by atoms with E-state index in [2.05, 4.69) is 15.4 Å². The number of para-hydroxylation sites is 1. The van der Waals surface area contributed by atoms with E-state index in [9.17, 15) is 13.2 Å². The molecule has 1 aliphatic rings. The molecular weight excluding hydrogens is 278 g/mol. The minimum atomic E-state index is -3.58. The van der Waals surface area contributed by atoms with Crippen molar-refractivity contribution in [1.82, 2.24) is 10.0 Å². The van der Waals surface area contributed by atoms with Crippen LogP contribution in [-0.4, -0.2) is 34.0 Å². The molecule has 0 atom stereocenters. The van der Waals surface area contributed by atoms with Crippen molar-refractivity contribution < 1.29 is 13.2 Å². The van der Waals surface area contributed by atoms with Crippen LogP contribution >= 0.6 is 0 Å². The number of hydrogen-bond donors (Lipinski definition) is 3. The standard InChI is InChI=1S/C13H19N3O3S/c1-14-20(18,19)12-5-3-2-4-11(12)16-13(17)8-9-15-10-6-7-10/h2-5,10,14-15H,6-9H2,1H3,(H,16,17). The van der Waals surface area contributed by atoms with Gasteiger partial charge in [-0.3, -0.25) is 4.79 Å². The van der Waals surface area contributed by atoms with Gasteiger partial charge in [-0.2, -0.15) is 0 Å². The van der Waals surface area contributed by atoms with Crippen LogP contribution in [0.5, 0.6) is 0 Å². The summed E-state index contributed by atoms with van der Waals surface area (Å²) in [5, 5.41) is 5.88. The van der Waals surface area contributed by atoms with Gasteiger partial charge >= 0.3 is 0 Å². The Labute approximate surface area is 119 Å². The van der Waals surface area contributed by atoms with Crippen molar-refractivity contribution in [2.75, 3.05) is 18.9 Å². The van der Waals surface area contributed by atoms with E-state index >= 15 is 0 Å². The Morgan fingerprint density at radius 1 is 1.30 bits per heavy atom. The largest absolute Gasteiger partial charge is 0.325 e. The minimum absolute atomic E-state index is 0.0750. The summed E-state index contributed by atoms with van der Waals surface area (Å²) in [4.78, 5) is 11.9. The number of sulfonamides is 1. The molecule has 1 aromatic carbocycles. The molecule has 1 saturated carbocycles. The summed E-state index contributed by atoms with van der Waals surface area (Å²) in [6.07, 6.45) is 2.67. The van der Waals surface area contributed by atoms with E-state index in [1.807, 2.05) is 0 Å². The maximum Gasteiger partial charge on any atom is 0.242 e. The Bertz CT molecular complexity index is 582. The van der Waals surface area contributed by atoms with Crippen molar-refractivity contribution in [3.05, 3.63) is 24.3 Å². The van der Waals surface area contributed by atoms with E-state index in [1.165, 1.54) is 26.0 Å². The van der Waals surface area contributed by atoms with Crippen LogP contribution < -0.4 is 15.4 Å². The number of anilines is 1. The number of amides is 1. The van der Waals surface area contributed by atoms with E-state index in [1.54, 1.807) is 18.2 Å². The fourth-order valence-electron chi connectivity index (χ4n) is 1.80.